The Bertz CT molecular complexity index is 1430. The predicted octanol–water partition coefficient (Wildman–Crippen LogP) is 1.53. The molecule has 35 heavy (non-hydrogen) atoms. The lowest BCUT2D eigenvalue weighted by atomic mass is 9.98. The maximum atomic E-state index is 13.4. The number of ketones is 1. The van der Waals surface area contributed by atoms with E-state index in [4.69, 9.17) is 11.5 Å². The highest BCUT2D eigenvalue weighted by Crippen LogP contribution is 2.28. The van der Waals surface area contributed by atoms with Gasteiger partial charge < -0.3 is 16.4 Å². The minimum atomic E-state index is -0.751. The minimum Gasteiger partial charge on any atom is -0.384 e. The Balaban J connectivity index is 1.74. The first kappa shape index (κ1) is 23.9. The topological polar surface area (TPSA) is 133 Å². The molecule has 0 unspecified atom stereocenters. The van der Waals surface area contributed by atoms with Crippen molar-refractivity contribution in [3.05, 3.63) is 91.4 Å². The Morgan fingerprint density at radius 2 is 1.77 bits per heavy atom. The molecule has 0 radical (unpaired) electrons. The van der Waals surface area contributed by atoms with Crippen LogP contribution in [0.25, 0.3) is 0 Å². The third kappa shape index (κ3) is 4.59. The molecule has 0 aliphatic carbocycles. The molecule has 3 aromatic rings. The lowest BCUT2D eigenvalue weighted by Gasteiger charge is -2.31. The molecule has 182 valence electrons. The number of aryl methyl sites for hydroxylation is 1. The van der Waals surface area contributed by atoms with Gasteiger partial charge in [-0.1, -0.05) is 18.2 Å². The lowest BCUT2D eigenvalue weighted by molar-refractivity contribution is 0.0991. The molecule has 1 aliphatic heterocycles. The summed E-state index contributed by atoms with van der Waals surface area (Å²) in [6, 6.07) is 10.6. The van der Waals surface area contributed by atoms with Gasteiger partial charge in [-0.3, -0.25) is 23.5 Å². The maximum absolute atomic E-state index is 13.4. The average Bonchev–Trinajstić information content (AvgIpc) is 2.83. The number of aromatic nitrogens is 2. The molecule has 10 heteroatoms. The number of amides is 1. The molecular formula is C25H26FN5O4. The Morgan fingerprint density at radius 1 is 1.06 bits per heavy atom. The largest absolute Gasteiger partial charge is 0.384 e. The average molecular weight is 480 g/mol. The monoisotopic (exact) mass is 479 g/mol. The standard InChI is InChI=1S/C25H26FN5O4/c1-2-30-24(34)21(22(27)31(25(30)35)13-15-5-9-18(26)10-6-15)20(32)14-29-11-3-4-16-7-8-17(23(28)33)12-19(16)29/h5-10,12H,2-4,11,13-14,27H2,1H3,(H2,28,33). The number of carbonyl (C=O) groups excluding carboxylic acids is 2. The summed E-state index contributed by atoms with van der Waals surface area (Å²) in [5, 5.41) is 0. The van der Waals surface area contributed by atoms with Crippen LogP contribution in [0.1, 0.15) is 45.2 Å². The van der Waals surface area contributed by atoms with Crippen LogP contribution in [0.3, 0.4) is 0 Å². The van der Waals surface area contributed by atoms with Gasteiger partial charge in [0.25, 0.3) is 5.56 Å². The molecule has 1 aromatic heterocycles. The molecule has 4 rings (SSSR count). The van der Waals surface area contributed by atoms with E-state index < -0.39 is 28.8 Å². The molecule has 0 spiro atoms. The third-order valence-electron chi connectivity index (χ3n) is 6.24. The molecule has 1 amide bonds. The van der Waals surface area contributed by atoms with E-state index in [2.05, 4.69) is 0 Å². The van der Waals surface area contributed by atoms with Crippen molar-refractivity contribution in [3.63, 3.8) is 0 Å². The molecule has 9 nitrogen and oxygen atoms in total. The third-order valence-corrected chi connectivity index (χ3v) is 6.24. The normalized spacial score (nSPS) is 12.9. The van der Waals surface area contributed by atoms with Gasteiger partial charge in [-0.05, 0) is 55.2 Å². The summed E-state index contributed by atoms with van der Waals surface area (Å²) in [4.78, 5) is 52.9. The second-order valence-corrected chi connectivity index (χ2v) is 8.46. The van der Waals surface area contributed by atoms with Crippen LogP contribution in [0, 0.1) is 5.82 Å². The fraction of sp³-hybridized carbons (Fsp3) is 0.280. The van der Waals surface area contributed by atoms with Crippen molar-refractivity contribution in [1.29, 1.82) is 0 Å². The number of primary amides is 1. The van der Waals surface area contributed by atoms with E-state index in [-0.39, 0.29) is 31.0 Å². The second-order valence-electron chi connectivity index (χ2n) is 8.46. The van der Waals surface area contributed by atoms with Crippen LogP contribution in [0.15, 0.2) is 52.1 Å². The number of hydrogen-bond acceptors (Lipinski definition) is 6. The first-order chi connectivity index (χ1) is 16.7. The number of nitrogen functional groups attached to an aromatic ring is 1. The van der Waals surface area contributed by atoms with Gasteiger partial charge in [0.1, 0.15) is 17.2 Å². The van der Waals surface area contributed by atoms with E-state index in [9.17, 15) is 23.6 Å². The van der Waals surface area contributed by atoms with Crippen molar-refractivity contribution in [1.82, 2.24) is 9.13 Å². The highest BCUT2D eigenvalue weighted by Gasteiger charge is 2.26. The number of fused-ring (bicyclic) bond motifs is 1. The number of nitrogens with zero attached hydrogens (tertiary/aromatic N) is 3. The van der Waals surface area contributed by atoms with Crippen LogP contribution in [-0.4, -0.2) is 33.9 Å². The van der Waals surface area contributed by atoms with E-state index in [1.165, 1.54) is 24.3 Å². The summed E-state index contributed by atoms with van der Waals surface area (Å²) in [5.41, 5.74) is 12.6. The summed E-state index contributed by atoms with van der Waals surface area (Å²) in [5.74, 6) is -1.78. The Hall–Kier alpha value is -4.21. The number of benzene rings is 2. The van der Waals surface area contributed by atoms with E-state index in [1.807, 2.05) is 6.07 Å². The van der Waals surface area contributed by atoms with Gasteiger partial charge in [0.2, 0.25) is 5.91 Å². The summed E-state index contributed by atoms with van der Waals surface area (Å²) in [7, 11) is 0. The zero-order valence-corrected chi connectivity index (χ0v) is 19.3. The Kier molecular flexibility index (Phi) is 6.54. The minimum absolute atomic E-state index is 0.0278. The molecule has 0 atom stereocenters. The van der Waals surface area contributed by atoms with Crippen molar-refractivity contribution < 1.29 is 14.0 Å². The van der Waals surface area contributed by atoms with Crippen LogP contribution in [0.4, 0.5) is 15.9 Å². The van der Waals surface area contributed by atoms with Gasteiger partial charge in [0.15, 0.2) is 5.78 Å². The highest BCUT2D eigenvalue weighted by atomic mass is 19.1. The number of rotatable bonds is 7. The fourth-order valence-corrected chi connectivity index (χ4v) is 4.40. The van der Waals surface area contributed by atoms with Crippen molar-refractivity contribution >= 4 is 23.2 Å². The molecule has 4 N–H and O–H groups in total. The van der Waals surface area contributed by atoms with Gasteiger partial charge in [0, 0.05) is 24.3 Å². The quantitative estimate of drug-likeness (QED) is 0.494. The first-order valence-corrected chi connectivity index (χ1v) is 11.3. The summed E-state index contributed by atoms with van der Waals surface area (Å²) in [6.07, 6.45) is 1.57. The fourth-order valence-electron chi connectivity index (χ4n) is 4.40. The van der Waals surface area contributed by atoms with Gasteiger partial charge >= 0.3 is 5.69 Å². The SMILES string of the molecule is CCn1c(=O)c(C(=O)CN2CCCc3ccc(C(N)=O)cc32)c(N)n(Cc2ccc(F)cc2)c1=O. The van der Waals surface area contributed by atoms with E-state index >= 15 is 0 Å². The molecule has 0 bridgehead atoms. The molecule has 2 aromatic carbocycles. The van der Waals surface area contributed by atoms with Crippen molar-refractivity contribution in [2.75, 3.05) is 23.7 Å². The van der Waals surface area contributed by atoms with Crippen LogP contribution < -0.4 is 27.6 Å². The number of carbonyl (C=O) groups is 2. The smallest absolute Gasteiger partial charge is 0.332 e. The maximum Gasteiger partial charge on any atom is 0.332 e. The number of nitrogens with two attached hydrogens (primary N) is 2. The summed E-state index contributed by atoms with van der Waals surface area (Å²) < 4.78 is 15.4. The Morgan fingerprint density at radius 3 is 2.43 bits per heavy atom. The molecule has 0 fully saturated rings. The van der Waals surface area contributed by atoms with Gasteiger partial charge in [0.05, 0.1) is 13.1 Å². The zero-order valence-electron chi connectivity index (χ0n) is 19.3. The van der Waals surface area contributed by atoms with Crippen molar-refractivity contribution in [2.24, 2.45) is 5.73 Å². The lowest BCUT2D eigenvalue weighted by Crippen LogP contribution is -2.45. The van der Waals surface area contributed by atoms with E-state index in [0.29, 0.717) is 23.4 Å². The number of anilines is 2. The summed E-state index contributed by atoms with van der Waals surface area (Å²) in [6.45, 7) is 2.03. The van der Waals surface area contributed by atoms with Crippen molar-refractivity contribution in [3.8, 4) is 0 Å². The molecule has 0 saturated carbocycles. The van der Waals surface area contributed by atoms with Gasteiger partial charge in [-0.2, -0.15) is 0 Å². The van der Waals surface area contributed by atoms with Crippen LogP contribution >= 0.6 is 0 Å². The van der Waals surface area contributed by atoms with Crippen LogP contribution in [0.2, 0.25) is 0 Å². The zero-order chi connectivity index (χ0) is 25.3. The molecule has 0 saturated heterocycles. The number of hydrogen-bond donors (Lipinski definition) is 2. The van der Waals surface area contributed by atoms with Gasteiger partial charge in [-0.15, -0.1) is 0 Å². The highest BCUT2D eigenvalue weighted by molar-refractivity contribution is 6.03. The first-order valence-electron chi connectivity index (χ1n) is 11.3. The molecular weight excluding hydrogens is 453 g/mol. The van der Waals surface area contributed by atoms with Crippen molar-refractivity contribution in [2.45, 2.75) is 32.9 Å². The number of Topliss-reactive ketones (excluding diaryl/α,β-unsaturated/α-hetero) is 1. The second kappa shape index (κ2) is 9.57. The van der Waals surface area contributed by atoms with E-state index in [0.717, 1.165) is 27.5 Å². The Labute approximate surface area is 200 Å². The molecule has 1 aliphatic rings. The van der Waals surface area contributed by atoms with Crippen LogP contribution in [0.5, 0.6) is 0 Å². The van der Waals surface area contributed by atoms with Gasteiger partial charge in [-0.25, -0.2) is 9.18 Å². The molecule has 2 heterocycles. The summed E-state index contributed by atoms with van der Waals surface area (Å²) >= 11 is 0. The van der Waals surface area contributed by atoms with Crippen LogP contribution in [-0.2, 0) is 19.5 Å². The number of halogens is 1. The van der Waals surface area contributed by atoms with E-state index in [1.54, 1.807) is 24.0 Å². The predicted molar refractivity (Wildman–Crippen MR) is 130 cm³/mol.